The summed E-state index contributed by atoms with van der Waals surface area (Å²) < 4.78 is 41.0. The van der Waals surface area contributed by atoms with Gasteiger partial charge in [-0.2, -0.15) is 0 Å². The number of nitrogens with zero attached hydrogens (tertiary/aromatic N) is 4. The van der Waals surface area contributed by atoms with Crippen molar-refractivity contribution in [1.29, 1.82) is 0 Å². The number of hydrogen-bond donors (Lipinski definition) is 2. The number of likely N-dealkylation sites (tertiary alicyclic amines) is 1. The fourth-order valence-electron chi connectivity index (χ4n) is 4.83. The fourth-order valence-corrected chi connectivity index (χ4v) is 5.88. The van der Waals surface area contributed by atoms with E-state index < -0.39 is 21.8 Å². The molecular weight excluding hydrogens is 513 g/mol. The number of carbonyl (C=O) groups excluding carboxylic acids is 1. The number of piperazine rings is 1. The van der Waals surface area contributed by atoms with Crippen molar-refractivity contribution in [3.05, 3.63) is 59.9 Å². The van der Waals surface area contributed by atoms with E-state index in [1.807, 2.05) is 9.80 Å². The first-order chi connectivity index (χ1) is 18.2. The number of rotatable bonds is 7. The van der Waals surface area contributed by atoms with Crippen molar-refractivity contribution < 1.29 is 27.5 Å². The van der Waals surface area contributed by atoms with Gasteiger partial charge in [-0.1, -0.05) is 0 Å². The highest BCUT2D eigenvalue weighted by molar-refractivity contribution is 7.92. The first-order valence-electron chi connectivity index (χ1n) is 12.4. The summed E-state index contributed by atoms with van der Waals surface area (Å²) in [6, 6.07) is 10.4. The van der Waals surface area contributed by atoms with Crippen LogP contribution in [0.2, 0.25) is 0 Å². The van der Waals surface area contributed by atoms with Gasteiger partial charge in [0.15, 0.2) is 0 Å². The van der Waals surface area contributed by atoms with Gasteiger partial charge in [-0.25, -0.2) is 22.6 Å². The average molecular weight is 542 g/mol. The van der Waals surface area contributed by atoms with Crippen LogP contribution in [0, 0.1) is 5.82 Å². The zero-order valence-electron chi connectivity index (χ0n) is 20.6. The molecule has 3 aromatic rings. The lowest BCUT2D eigenvalue weighted by molar-refractivity contribution is -0.131. The Kier molecular flexibility index (Phi) is 7.17. The summed E-state index contributed by atoms with van der Waals surface area (Å²) in [4.78, 5) is 35.1. The van der Waals surface area contributed by atoms with E-state index in [4.69, 9.17) is 0 Å². The summed E-state index contributed by atoms with van der Waals surface area (Å²) in [5, 5.41) is 10.2. The van der Waals surface area contributed by atoms with Crippen molar-refractivity contribution in [2.45, 2.75) is 17.7 Å². The molecule has 12 heteroatoms. The predicted molar refractivity (Wildman–Crippen MR) is 140 cm³/mol. The Bertz CT molecular complexity index is 1470. The standard InChI is InChI=1S/C26H28FN5O5S/c27-18-3-6-20(7-4-18)38(36,37)29-19-5-8-23-21(15-19)22(26(34)35)16-24(28-23)31-13-11-30(12-14-31)17-25(33)32-9-1-2-10-32/h3-8,15-16,29H,1-2,9-14,17H2,(H,34,35). The number of nitrogens with one attached hydrogen (secondary N) is 1. The number of sulfonamides is 1. The van der Waals surface area contributed by atoms with Crippen LogP contribution in [-0.4, -0.2) is 86.0 Å². The van der Waals surface area contributed by atoms with E-state index in [0.29, 0.717) is 44.1 Å². The summed E-state index contributed by atoms with van der Waals surface area (Å²) in [5.74, 6) is -1.05. The molecule has 0 saturated carbocycles. The number of amides is 1. The maximum atomic E-state index is 13.2. The van der Waals surface area contributed by atoms with Gasteiger partial charge in [0, 0.05) is 50.3 Å². The monoisotopic (exact) mass is 541 g/mol. The van der Waals surface area contributed by atoms with E-state index in [-0.39, 0.29) is 27.4 Å². The molecule has 2 aliphatic heterocycles. The maximum Gasteiger partial charge on any atom is 0.336 e. The van der Waals surface area contributed by atoms with Crippen LogP contribution in [0.1, 0.15) is 23.2 Å². The van der Waals surface area contributed by atoms with Gasteiger partial charge in [0.2, 0.25) is 5.91 Å². The highest BCUT2D eigenvalue weighted by Crippen LogP contribution is 2.28. The lowest BCUT2D eigenvalue weighted by atomic mass is 10.1. The lowest BCUT2D eigenvalue weighted by Gasteiger charge is -2.35. The van der Waals surface area contributed by atoms with Gasteiger partial charge in [-0.15, -0.1) is 0 Å². The predicted octanol–water partition coefficient (Wildman–Crippen LogP) is 2.62. The first-order valence-corrected chi connectivity index (χ1v) is 13.9. The second-order valence-corrected chi connectivity index (χ2v) is 11.2. The fraction of sp³-hybridized carbons (Fsp3) is 0.346. The van der Waals surface area contributed by atoms with Crippen LogP contribution >= 0.6 is 0 Å². The summed E-state index contributed by atoms with van der Waals surface area (Å²) in [7, 11) is -4.00. The number of carbonyl (C=O) groups is 2. The number of pyridine rings is 1. The topological polar surface area (TPSA) is 123 Å². The van der Waals surface area contributed by atoms with Crippen LogP contribution < -0.4 is 9.62 Å². The molecule has 2 fully saturated rings. The third-order valence-corrected chi connectivity index (χ3v) is 8.31. The molecule has 0 spiro atoms. The zero-order valence-corrected chi connectivity index (χ0v) is 21.5. The Morgan fingerprint density at radius 1 is 0.947 bits per heavy atom. The number of carboxylic acids is 1. The number of anilines is 2. The smallest absolute Gasteiger partial charge is 0.336 e. The minimum absolute atomic E-state index is 0.000490. The van der Waals surface area contributed by atoms with Crippen molar-refractivity contribution in [2.75, 3.05) is 55.4 Å². The summed E-state index contributed by atoms with van der Waals surface area (Å²) >= 11 is 0. The Morgan fingerprint density at radius 2 is 1.63 bits per heavy atom. The van der Waals surface area contributed by atoms with Crippen molar-refractivity contribution >= 4 is 44.3 Å². The molecule has 0 aliphatic carbocycles. The summed E-state index contributed by atoms with van der Waals surface area (Å²) in [6.07, 6.45) is 2.11. The molecule has 5 rings (SSSR count). The normalized spacial score (nSPS) is 16.7. The van der Waals surface area contributed by atoms with Crippen molar-refractivity contribution in [2.24, 2.45) is 0 Å². The van der Waals surface area contributed by atoms with Crippen LogP contribution in [0.4, 0.5) is 15.9 Å². The van der Waals surface area contributed by atoms with E-state index in [0.717, 1.165) is 50.2 Å². The second kappa shape index (κ2) is 10.5. The van der Waals surface area contributed by atoms with E-state index in [2.05, 4.69) is 14.6 Å². The number of halogens is 1. The van der Waals surface area contributed by atoms with Gasteiger partial charge in [0.05, 0.1) is 22.5 Å². The van der Waals surface area contributed by atoms with Crippen LogP contribution in [0.3, 0.4) is 0 Å². The van der Waals surface area contributed by atoms with Crippen molar-refractivity contribution in [3.63, 3.8) is 0 Å². The van der Waals surface area contributed by atoms with Gasteiger partial charge in [-0.05, 0) is 61.4 Å². The number of fused-ring (bicyclic) bond motifs is 1. The largest absolute Gasteiger partial charge is 0.478 e. The molecule has 38 heavy (non-hydrogen) atoms. The molecular formula is C26H28FN5O5S. The highest BCUT2D eigenvalue weighted by atomic mass is 32.2. The number of aromatic nitrogens is 1. The van der Waals surface area contributed by atoms with E-state index >= 15 is 0 Å². The molecule has 1 aromatic heterocycles. The minimum atomic E-state index is -4.00. The molecule has 2 N–H and O–H groups in total. The number of aromatic carboxylic acids is 1. The van der Waals surface area contributed by atoms with Crippen LogP contribution in [0.5, 0.6) is 0 Å². The van der Waals surface area contributed by atoms with Crippen LogP contribution in [-0.2, 0) is 14.8 Å². The number of carboxylic acid groups (broad SMARTS) is 1. The molecule has 200 valence electrons. The SMILES string of the molecule is O=C(O)c1cc(N2CCN(CC(=O)N3CCCC3)CC2)nc2ccc(NS(=O)(=O)c3ccc(F)cc3)cc12. The van der Waals surface area contributed by atoms with Crippen molar-refractivity contribution in [1.82, 2.24) is 14.8 Å². The Balaban J connectivity index is 1.33. The van der Waals surface area contributed by atoms with E-state index in [1.165, 1.54) is 18.2 Å². The number of benzene rings is 2. The molecule has 3 heterocycles. The Morgan fingerprint density at radius 3 is 2.29 bits per heavy atom. The quantitative estimate of drug-likeness (QED) is 0.468. The Labute approximate surface area is 219 Å². The third-order valence-electron chi connectivity index (χ3n) is 6.92. The van der Waals surface area contributed by atoms with E-state index in [9.17, 15) is 27.5 Å². The molecule has 1 amide bonds. The minimum Gasteiger partial charge on any atom is -0.478 e. The summed E-state index contributed by atoms with van der Waals surface area (Å²) in [6.45, 7) is 4.55. The third kappa shape index (κ3) is 5.55. The second-order valence-electron chi connectivity index (χ2n) is 9.48. The Hall–Kier alpha value is -3.77. The average Bonchev–Trinajstić information content (AvgIpc) is 3.44. The number of hydrogen-bond acceptors (Lipinski definition) is 7. The molecule has 0 radical (unpaired) electrons. The highest BCUT2D eigenvalue weighted by Gasteiger charge is 2.25. The van der Waals surface area contributed by atoms with Gasteiger partial charge in [-0.3, -0.25) is 14.4 Å². The molecule has 2 aromatic carbocycles. The van der Waals surface area contributed by atoms with Crippen LogP contribution in [0.25, 0.3) is 10.9 Å². The van der Waals surface area contributed by atoms with E-state index in [1.54, 1.807) is 6.07 Å². The first kappa shape index (κ1) is 25.9. The van der Waals surface area contributed by atoms with Crippen molar-refractivity contribution in [3.8, 4) is 0 Å². The zero-order chi connectivity index (χ0) is 26.9. The van der Waals surface area contributed by atoms with Gasteiger partial charge in [0.25, 0.3) is 10.0 Å². The molecule has 2 saturated heterocycles. The van der Waals surface area contributed by atoms with Gasteiger partial charge in [0.1, 0.15) is 11.6 Å². The van der Waals surface area contributed by atoms with Gasteiger partial charge >= 0.3 is 5.97 Å². The maximum absolute atomic E-state index is 13.2. The van der Waals surface area contributed by atoms with Gasteiger partial charge < -0.3 is 14.9 Å². The molecule has 0 atom stereocenters. The summed E-state index contributed by atoms with van der Waals surface area (Å²) in [5.41, 5.74) is 0.575. The molecule has 2 aliphatic rings. The molecule has 0 unspecified atom stereocenters. The molecule has 10 nitrogen and oxygen atoms in total. The van der Waals surface area contributed by atoms with Crippen LogP contribution in [0.15, 0.2) is 53.4 Å². The molecule has 0 bridgehead atoms. The lowest BCUT2D eigenvalue weighted by Crippen LogP contribution is -2.50.